The van der Waals surface area contributed by atoms with Gasteiger partial charge in [0.05, 0.1) is 6.33 Å². The van der Waals surface area contributed by atoms with Gasteiger partial charge in [0.25, 0.3) is 5.91 Å². The van der Waals surface area contributed by atoms with Crippen LogP contribution in [0.1, 0.15) is 29.6 Å². The SMILES string of the molecule is NC[C@H]1CCCCN1C(=O)c1cccc(-n2ccnc2)c1. The van der Waals surface area contributed by atoms with Gasteiger partial charge in [-0.2, -0.15) is 0 Å². The van der Waals surface area contributed by atoms with Crippen molar-refractivity contribution in [3.8, 4) is 5.69 Å². The topological polar surface area (TPSA) is 64.2 Å². The number of carbonyl (C=O) groups is 1. The summed E-state index contributed by atoms with van der Waals surface area (Å²) < 4.78 is 1.90. The van der Waals surface area contributed by atoms with E-state index in [9.17, 15) is 4.79 Å². The predicted molar refractivity (Wildman–Crippen MR) is 81.3 cm³/mol. The smallest absolute Gasteiger partial charge is 0.254 e. The lowest BCUT2D eigenvalue weighted by atomic mass is 10.0. The number of hydrogen-bond acceptors (Lipinski definition) is 3. The van der Waals surface area contributed by atoms with E-state index in [1.807, 2.05) is 39.9 Å². The Labute approximate surface area is 124 Å². The Balaban J connectivity index is 1.86. The molecule has 1 amide bonds. The molecule has 1 aromatic heterocycles. The Morgan fingerprint density at radius 2 is 2.29 bits per heavy atom. The molecule has 5 nitrogen and oxygen atoms in total. The van der Waals surface area contributed by atoms with Gasteiger partial charge in [0, 0.05) is 42.8 Å². The number of benzene rings is 1. The third-order valence-corrected chi connectivity index (χ3v) is 4.06. The van der Waals surface area contributed by atoms with E-state index in [0.29, 0.717) is 12.1 Å². The second kappa shape index (κ2) is 6.10. The zero-order valence-electron chi connectivity index (χ0n) is 12.0. The number of rotatable bonds is 3. The molecule has 1 aliphatic heterocycles. The molecule has 1 aromatic carbocycles. The minimum absolute atomic E-state index is 0.0760. The van der Waals surface area contributed by atoms with Gasteiger partial charge in [-0.1, -0.05) is 6.07 Å². The number of nitrogens with two attached hydrogens (primary N) is 1. The lowest BCUT2D eigenvalue weighted by Crippen LogP contribution is -2.47. The minimum Gasteiger partial charge on any atom is -0.334 e. The predicted octanol–water partition coefficient (Wildman–Crippen LogP) is 1.83. The number of hydrogen-bond donors (Lipinski definition) is 1. The number of carbonyl (C=O) groups excluding carboxylic acids is 1. The maximum atomic E-state index is 12.7. The maximum Gasteiger partial charge on any atom is 0.254 e. The standard InChI is InChI=1S/C16H20N4O/c17-11-15-5-1-2-8-20(15)16(21)13-4-3-6-14(10-13)19-9-7-18-12-19/h3-4,6-7,9-10,12,15H,1-2,5,8,11,17H2/t15-/m1/s1. The first-order chi connectivity index (χ1) is 10.3. The lowest BCUT2D eigenvalue weighted by molar-refractivity contribution is 0.0623. The number of imidazole rings is 1. The molecule has 2 heterocycles. The fraction of sp³-hybridized carbons (Fsp3) is 0.375. The maximum absolute atomic E-state index is 12.7. The summed E-state index contributed by atoms with van der Waals surface area (Å²) in [5, 5.41) is 0. The van der Waals surface area contributed by atoms with Crippen molar-refractivity contribution in [3.05, 3.63) is 48.5 Å². The second-order valence-electron chi connectivity index (χ2n) is 5.40. The fourth-order valence-corrected chi connectivity index (χ4v) is 2.89. The van der Waals surface area contributed by atoms with Crippen LogP contribution in [-0.2, 0) is 0 Å². The summed E-state index contributed by atoms with van der Waals surface area (Å²) in [6.07, 6.45) is 8.54. The third kappa shape index (κ3) is 2.83. The molecule has 1 atom stereocenters. The highest BCUT2D eigenvalue weighted by atomic mass is 16.2. The monoisotopic (exact) mass is 284 g/mol. The highest BCUT2D eigenvalue weighted by Gasteiger charge is 2.26. The molecule has 5 heteroatoms. The van der Waals surface area contributed by atoms with Gasteiger partial charge in [-0.15, -0.1) is 0 Å². The van der Waals surface area contributed by atoms with Crippen molar-refractivity contribution < 1.29 is 4.79 Å². The Bertz CT molecular complexity index is 608. The van der Waals surface area contributed by atoms with E-state index >= 15 is 0 Å². The number of piperidine rings is 1. The molecular weight excluding hydrogens is 264 g/mol. The Morgan fingerprint density at radius 1 is 1.38 bits per heavy atom. The number of aromatic nitrogens is 2. The molecule has 0 aliphatic carbocycles. The Morgan fingerprint density at radius 3 is 3.05 bits per heavy atom. The van der Waals surface area contributed by atoms with Crippen molar-refractivity contribution in [2.45, 2.75) is 25.3 Å². The van der Waals surface area contributed by atoms with E-state index in [4.69, 9.17) is 5.73 Å². The van der Waals surface area contributed by atoms with E-state index in [0.717, 1.165) is 31.5 Å². The average molecular weight is 284 g/mol. The molecule has 21 heavy (non-hydrogen) atoms. The van der Waals surface area contributed by atoms with E-state index in [2.05, 4.69) is 4.98 Å². The molecular formula is C16H20N4O. The Hall–Kier alpha value is -2.14. The van der Waals surface area contributed by atoms with Crippen LogP contribution in [0, 0.1) is 0 Å². The van der Waals surface area contributed by atoms with Gasteiger partial charge < -0.3 is 15.2 Å². The largest absolute Gasteiger partial charge is 0.334 e. The molecule has 3 rings (SSSR count). The second-order valence-corrected chi connectivity index (χ2v) is 5.40. The van der Waals surface area contributed by atoms with Crippen LogP contribution in [0.3, 0.4) is 0 Å². The fourth-order valence-electron chi connectivity index (χ4n) is 2.89. The number of likely N-dealkylation sites (tertiary alicyclic amines) is 1. The summed E-state index contributed by atoms with van der Waals surface area (Å²) in [6.45, 7) is 1.34. The van der Waals surface area contributed by atoms with Gasteiger partial charge in [-0.25, -0.2) is 4.98 Å². The van der Waals surface area contributed by atoms with Crippen LogP contribution in [0.2, 0.25) is 0 Å². The molecule has 2 N–H and O–H groups in total. The van der Waals surface area contributed by atoms with E-state index in [1.165, 1.54) is 0 Å². The van der Waals surface area contributed by atoms with Crippen molar-refractivity contribution in [2.24, 2.45) is 5.73 Å². The van der Waals surface area contributed by atoms with Crippen LogP contribution in [0.25, 0.3) is 5.69 Å². The zero-order chi connectivity index (χ0) is 14.7. The number of nitrogens with zero attached hydrogens (tertiary/aromatic N) is 3. The van der Waals surface area contributed by atoms with Gasteiger partial charge in [-0.3, -0.25) is 4.79 Å². The minimum atomic E-state index is 0.0760. The highest BCUT2D eigenvalue weighted by Crippen LogP contribution is 2.20. The van der Waals surface area contributed by atoms with Crippen LogP contribution >= 0.6 is 0 Å². The molecule has 0 unspecified atom stereocenters. The first-order valence-electron chi connectivity index (χ1n) is 7.39. The average Bonchev–Trinajstić information content (AvgIpc) is 3.09. The third-order valence-electron chi connectivity index (χ3n) is 4.06. The first-order valence-corrected chi connectivity index (χ1v) is 7.39. The van der Waals surface area contributed by atoms with E-state index in [-0.39, 0.29) is 11.9 Å². The van der Waals surface area contributed by atoms with Gasteiger partial charge in [0.2, 0.25) is 0 Å². The van der Waals surface area contributed by atoms with E-state index in [1.54, 1.807) is 12.5 Å². The van der Waals surface area contributed by atoms with Gasteiger partial charge in [0.1, 0.15) is 0 Å². The van der Waals surface area contributed by atoms with Crippen LogP contribution in [0.5, 0.6) is 0 Å². The summed E-state index contributed by atoms with van der Waals surface area (Å²) in [7, 11) is 0. The molecule has 0 bridgehead atoms. The first kappa shape index (κ1) is 13.8. The summed E-state index contributed by atoms with van der Waals surface area (Å²) in [4.78, 5) is 18.7. The molecule has 1 saturated heterocycles. The molecule has 2 aromatic rings. The molecule has 0 saturated carbocycles. The van der Waals surface area contributed by atoms with Crippen LogP contribution < -0.4 is 5.73 Å². The molecule has 0 spiro atoms. The lowest BCUT2D eigenvalue weighted by Gasteiger charge is -2.35. The molecule has 1 aliphatic rings. The van der Waals surface area contributed by atoms with Crippen LogP contribution in [-0.4, -0.2) is 39.5 Å². The van der Waals surface area contributed by atoms with Gasteiger partial charge >= 0.3 is 0 Å². The molecule has 1 fully saturated rings. The zero-order valence-corrected chi connectivity index (χ0v) is 12.0. The van der Waals surface area contributed by atoms with Crippen LogP contribution in [0.4, 0.5) is 0 Å². The quantitative estimate of drug-likeness (QED) is 0.935. The number of amides is 1. The van der Waals surface area contributed by atoms with Crippen molar-refractivity contribution in [1.29, 1.82) is 0 Å². The summed E-state index contributed by atoms with van der Waals surface area (Å²) in [6, 6.07) is 7.82. The van der Waals surface area contributed by atoms with Gasteiger partial charge in [-0.05, 0) is 37.5 Å². The normalized spacial score (nSPS) is 18.7. The molecule has 0 radical (unpaired) electrons. The van der Waals surface area contributed by atoms with Crippen molar-refractivity contribution in [2.75, 3.05) is 13.1 Å². The Kier molecular flexibility index (Phi) is 4.01. The van der Waals surface area contributed by atoms with Crippen LogP contribution in [0.15, 0.2) is 43.0 Å². The molecule has 110 valence electrons. The van der Waals surface area contributed by atoms with Crippen molar-refractivity contribution in [3.63, 3.8) is 0 Å². The van der Waals surface area contributed by atoms with Crippen molar-refractivity contribution >= 4 is 5.91 Å². The summed E-state index contributed by atoms with van der Waals surface area (Å²) >= 11 is 0. The van der Waals surface area contributed by atoms with Crippen molar-refractivity contribution in [1.82, 2.24) is 14.5 Å². The highest BCUT2D eigenvalue weighted by molar-refractivity contribution is 5.95. The summed E-state index contributed by atoms with van der Waals surface area (Å²) in [5.41, 5.74) is 7.46. The summed E-state index contributed by atoms with van der Waals surface area (Å²) in [5.74, 6) is 0.0760. The van der Waals surface area contributed by atoms with Gasteiger partial charge in [0.15, 0.2) is 0 Å². The van der Waals surface area contributed by atoms with E-state index < -0.39 is 0 Å².